The number of nitrogens with zero attached hydrogens (tertiary/aromatic N) is 1. The van der Waals surface area contributed by atoms with Crippen LogP contribution in [0.3, 0.4) is 0 Å². The molecule has 0 fully saturated rings. The Kier molecular flexibility index (Phi) is 8.23. The van der Waals surface area contributed by atoms with E-state index in [9.17, 15) is 9.00 Å². The summed E-state index contributed by atoms with van der Waals surface area (Å²) in [5.41, 5.74) is 2.29. The first-order chi connectivity index (χ1) is 16.2. The van der Waals surface area contributed by atoms with E-state index in [0.717, 1.165) is 5.56 Å². The molecule has 0 saturated carbocycles. The van der Waals surface area contributed by atoms with Gasteiger partial charge in [0.1, 0.15) is 40.4 Å². The Hall–Kier alpha value is -3.45. The van der Waals surface area contributed by atoms with Gasteiger partial charge in [0.25, 0.3) is 0 Å². The van der Waals surface area contributed by atoms with E-state index in [1.54, 1.807) is 37.3 Å². The van der Waals surface area contributed by atoms with Crippen LogP contribution in [0.15, 0.2) is 71.1 Å². The van der Waals surface area contributed by atoms with Crippen LogP contribution in [0.2, 0.25) is 0 Å². The van der Waals surface area contributed by atoms with Gasteiger partial charge in [-0.3, -0.25) is 0 Å². The van der Waals surface area contributed by atoms with Gasteiger partial charge in [-0.25, -0.2) is 9.00 Å². The van der Waals surface area contributed by atoms with E-state index in [1.807, 2.05) is 57.2 Å². The van der Waals surface area contributed by atoms with E-state index in [1.165, 1.54) is 13.3 Å². The van der Waals surface area contributed by atoms with E-state index in [-0.39, 0.29) is 12.2 Å². The van der Waals surface area contributed by atoms with Crippen LogP contribution in [0.5, 0.6) is 17.2 Å². The third kappa shape index (κ3) is 6.32. The molecule has 0 aliphatic carbocycles. The molecule has 0 radical (unpaired) electrons. The molecule has 34 heavy (non-hydrogen) atoms. The first-order valence-corrected chi connectivity index (χ1v) is 11.9. The van der Waals surface area contributed by atoms with Crippen molar-refractivity contribution in [3.63, 3.8) is 0 Å². The zero-order chi connectivity index (χ0) is 24.7. The van der Waals surface area contributed by atoms with E-state index in [4.69, 9.17) is 14.2 Å². The highest BCUT2D eigenvalue weighted by Gasteiger charge is 2.25. The third-order valence-electron chi connectivity index (χ3n) is 4.92. The molecule has 0 aromatic heterocycles. The lowest BCUT2D eigenvalue weighted by Crippen LogP contribution is -2.19. The summed E-state index contributed by atoms with van der Waals surface area (Å²) in [6, 6.07) is 20.1. The van der Waals surface area contributed by atoms with Gasteiger partial charge < -0.3 is 14.2 Å². The van der Waals surface area contributed by atoms with Crippen LogP contribution in [0.25, 0.3) is 0 Å². The summed E-state index contributed by atoms with van der Waals surface area (Å²) in [5.74, 6) is 0.616. The zero-order valence-corrected chi connectivity index (χ0v) is 20.8. The first-order valence-electron chi connectivity index (χ1n) is 10.8. The number of esters is 1. The number of carbonyl (C=O) groups is 1. The highest BCUT2D eigenvalue weighted by molar-refractivity contribution is 7.85. The summed E-state index contributed by atoms with van der Waals surface area (Å²) in [4.78, 5) is 13.2. The highest BCUT2D eigenvalue weighted by atomic mass is 32.2. The van der Waals surface area contributed by atoms with Crippen LogP contribution in [0.1, 0.15) is 47.8 Å². The van der Waals surface area contributed by atoms with Gasteiger partial charge in [-0.2, -0.15) is 4.40 Å². The van der Waals surface area contributed by atoms with Crippen LogP contribution in [0, 0.1) is 6.92 Å². The number of benzene rings is 3. The average molecular weight is 480 g/mol. The normalized spacial score (nSPS) is 12.4. The van der Waals surface area contributed by atoms with E-state index in [2.05, 4.69) is 4.40 Å². The number of hydrogen-bond donors (Lipinski definition) is 0. The summed E-state index contributed by atoms with van der Waals surface area (Å²) < 4.78 is 33.4. The Morgan fingerprint density at radius 1 is 1.03 bits per heavy atom. The van der Waals surface area contributed by atoms with Crippen molar-refractivity contribution in [3.05, 3.63) is 89.0 Å². The van der Waals surface area contributed by atoms with Crippen LogP contribution in [0.4, 0.5) is 0 Å². The summed E-state index contributed by atoms with van der Waals surface area (Å²) in [6.07, 6.45) is 1.49. The fourth-order valence-corrected chi connectivity index (χ4v) is 3.70. The van der Waals surface area contributed by atoms with Gasteiger partial charge in [-0.05, 0) is 51.5 Å². The third-order valence-corrected chi connectivity index (χ3v) is 6.27. The van der Waals surface area contributed by atoms with Crippen molar-refractivity contribution >= 4 is 23.2 Å². The van der Waals surface area contributed by atoms with Gasteiger partial charge in [0, 0.05) is 17.3 Å². The first kappa shape index (κ1) is 25.2. The van der Waals surface area contributed by atoms with Crippen LogP contribution in [-0.4, -0.2) is 28.2 Å². The molecule has 0 saturated heterocycles. The highest BCUT2D eigenvalue weighted by Crippen LogP contribution is 2.35. The fourth-order valence-electron chi connectivity index (χ4n) is 3.17. The van der Waals surface area contributed by atoms with Gasteiger partial charge >= 0.3 is 5.97 Å². The van der Waals surface area contributed by atoms with Crippen molar-refractivity contribution in [3.8, 4) is 17.2 Å². The minimum absolute atomic E-state index is 0.253. The smallest absolute Gasteiger partial charge is 0.347 e. The number of carbonyl (C=O) groups excluding carboxylic acids is 1. The minimum atomic E-state index is -1.45. The van der Waals surface area contributed by atoms with Crippen molar-refractivity contribution in [2.24, 2.45) is 4.40 Å². The molecule has 0 bridgehead atoms. The summed E-state index contributed by atoms with van der Waals surface area (Å²) in [6.45, 7) is 7.55. The van der Waals surface area contributed by atoms with Gasteiger partial charge in [-0.15, -0.1) is 0 Å². The minimum Gasteiger partial charge on any atom is -0.496 e. The Bertz CT molecular complexity index is 1190. The second-order valence-corrected chi connectivity index (χ2v) is 10.5. The molecular formula is C27H29NO5S. The van der Waals surface area contributed by atoms with Gasteiger partial charge in [0.2, 0.25) is 0 Å². The predicted molar refractivity (Wildman–Crippen MR) is 135 cm³/mol. The lowest BCUT2D eigenvalue weighted by molar-refractivity contribution is 0.0728. The summed E-state index contributed by atoms with van der Waals surface area (Å²) in [5, 5.41) is 0. The number of hydrogen-bond acceptors (Lipinski definition) is 5. The van der Waals surface area contributed by atoms with Gasteiger partial charge in [-0.1, -0.05) is 48.5 Å². The van der Waals surface area contributed by atoms with Crippen molar-refractivity contribution in [1.82, 2.24) is 0 Å². The molecule has 0 N–H and O–H groups in total. The quantitative estimate of drug-likeness (QED) is 0.236. The lowest BCUT2D eigenvalue weighted by Gasteiger charge is -2.18. The fraction of sp³-hybridized carbons (Fsp3) is 0.259. The Balaban J connectivity index is 2.05. The van der Waals surface area contributed by atoms with Crippen molar-refractivity contribution in [2.45, 2.75) is 39.0 Å². The number of para-hydroxylation sites is 1. The summed E-state index contributed by atoms with van der Waals surface area (Å²) in [7, 11) is 0.0572. The van der Waals surface area contributed by atoms with Crippen LogP contribution in [-0.2, 0) is 17.6 Å². The molecule has 1 atom stereocenters. The molecule has 0 amide bonds. The zero-order valence-electron chi connectivity index (χ0n) is 20.0. The maximum Gasteiger partial charge on any atom is 0.347 e. The molecular weight excluding hydrogens is 450 g/mol. The van der Waals surface area contributed by atoms with Crippen molar-refractivity contribution in [2.75, 3.05) is 7.11 Å². The second-order valence-electron chi connectivity index (χ2n) is 8.57. The molecule has 0 aliphatic heterocycles. The molecule has 0 heterocycles. The van der Waals surface area contributed by atoms with Crippen molar-refractivity contribution < 1.29 is 23.2 Å². The number of methoxy groups -OCH3 is 1. The topological polar surface area (TPSA) is 74.2 Å². The average Bonchev–Trinajstić information content (AvgIpc) is 2.81. The largest absolute Gasteiger partial charge is 0.496 e. The lowest BCUT2D eigenvalue weighted by atomic mass is 10.0. The molecule has 3 rings (SSSR count). The maximum atomic E-state index is 13.2. The Morgan fingerprint density at radius 2 is 1.65 bits per heavy atom. The molecule has 3 aromatic carbocycles. The second kappa shape index (κ2) is 11.1. The molecule has 3 aromatic rings. The monoisotopic (exact) mass is 479 g/mol. The number of rotatable bonds is 8. The summed E-state index contributed by atoms with van der Waals surface area (Å²) >= 11 is 0. The van der Waals surface area contributed by atoms with Gasteiger partial charge in [0.15, 0.2) is 0 Å². The Labute approximate surface area is 203 Å². The predicted octanol–water partition coefficient (Wildman–Crippen LogP) is 5.68. The molecule has 0 unspecified atom stereocenters. The maximum absolute atomic E-state index is 13.2. The van der Waals surface area contributed by atoms with Crippen LogP contribution >= 0.6 is 0 Å². The molecule has 0 spiro atoms. The van der Waals surface area contributed by atoms with Crippen molar-refractivity contribution in [1.29, 1.82) is 0 Å². The Morgan fingerprint density at radius 3 is 2.24 bits per heavy atom. The van der Waals surface area contributed by atoms with E-state index < -0.39 is 21.7 Å². The molecule has 6 nitrogen and oxygen atoms in total. The standard InChI is InChI=1S/C27H29NO5S/c1-19-24(26(29)33-22-14-10-7-11-15-22)23(32-18-20-12-8-6-9-13-20)16-21(25(19)31-5)17-28-34(30)27(2,3)4/h6-17H,18H2,1-5H3/b28-17+/t34-/m0/s1. The SMILES string of the molecule is COc1c(/C=N/[S@@](=O)C(C)(C)C)cc(OCc2ccccc2)c(C(=O)Oc2ccccc2)c1C. The molecule has 7 heteroatoms. The molecule has 178 valence electrons. The number of ether oxygens (including phenoxy) is 3. The van der Waals surface area contributed by atoms with E-state index in [0.29, 0.717) is 28.4 Å². The van der Waals surface area contributed by atoms with E-state index >= 15 is 0 Å². The van der Waals surface area contributed by atoms with Gasteiger partial charge in [0.05, 0.1) is 11.9 Å². The van der Waals surface area contributed by atoms with Crippen LogP contribution < -0.4 is 14.2 Å². The molecule has 0 aliphatic rings.